The van der Waals surface area contributed by atoms with E-state index in [4.69, 9.17) is 14.4 Å². The number of hydrogen-bond donors (Lipinski definition) is 1. The minimum Gasteiger partial charge on any atom is -0.456 e. The van der Waals surface area contributed by atoms with Gasteiger partial charge in [-0.2, -0.15) is 0 Å². The van der Waals surface area contributed by atoms with Crippen LogP contribution in [0, 0.1) is 0 Å². The summed E-state index contributed by atoms with van der Waals surface area (Å²) in [5, 5.41) is 10.8. The fourth-order valence-corrected chi connectivity index (χ4v) is 8.87. The summed E-state index contributed by atoms with van der Waals surface area (Å²) in [5.74, 6) is 1.54. The van der Waals surface area contributed by atoms with Crippen LogP contribution in [0.3, 0.4) is 0 Å². The SMILES string of the molecule is c1ccc(C2=NC(c3ccccc3)NC(c3cccc4sc5cc6oc7cc(-n8c9ccccc9c9ccccc98)ccc7c6cc5c34)=N2)cc1. The summed E-state index contributed by atoms with van der Waals surface area (Å²) in [6, 6.07) is 55.4. The molecule has 1 N–H and O–H groups in total. The van der Waals surface area contributed by atoms with Gasteiger partial charge in [0, 0.05) is 64.6 Å². The van der Waals surface area contributed by atoms with Crippen LogP contribution in [-0.4, -0.2) is 16.2 Å². The van der Waals surface area contributed by atoms with Crippen molar-refractivity contribution in [2.24, 2.45) is 9.98 Å². The molecule has 10 aromatic rings. The van der Waals surface area contributed by atoms with Gasteiger partial charge in [0.2, 0.25) is 0 Å². The summed E-state index contributed by atoms with van der Waals surface area (Å²) in [5.41, 5.74) is 8.35. The fourth-order valence-electron chi connectivity index (χ4n) is 7.73. The Hall–Kier alpha value is -6.50. The third kappa shape index (κ3) is 4.40. The van der Waals surface area contributed by atoms with E-state index in [1.165, 1.54) is 42.0 Å². The Bertz CT molecular complexity index is 3010. The molecule has 240 valence electrons. The summed E-state index contributed by atoms with van der Waals surface area (Å²) < 4.78 is 11.4. The smallest absolute Gasteiger partial charge is 0.159 e. The number of aliphatic imine (C=N–C) groups is 2. The molecular formula is C45H28N4OS. The molecular weight excluding hydrogens is 645 g/mol. The second kappa shape index (κ2) is 11.0. The summed E-state index contributed by atoms with van der Waals surface area (Å²) in [6.07, 6.45) is -0.262. The lowest BCUT2D eigenvalue weighted by Crippen LogP contribution is -2.33. The van der Waals surface area contributed by atoms with E-state index in [9.17, 15) is 0 Å². The maximum absolute atomic E-state index is 6.63. The molecule has 0 fully saturated rings. The van der Waals surface area contributed by atoms with Gasteiger partial charge in [-0.25, -0.2) is 9.98 Å². The van der Waals surface area contributed by atoms with Crippen molar-refractivity contribution >= 4 is 86.9 Å². The van der Waals surface area contributed by atoms with Gasteiger partial charge in [0.1, 0.15) is 23.2 Å². The van der Waals surface area contributed by atoms with Gasteiger partial charge in [0.05, 0.1) is 11.0 Å². The molecule has 7 aromatic carbocycles. The second-order valence-corrected chi connectivity index (χ2v) is 14.1. The number of benzene rings is 7. The number of aromatic nitrogens is 1. The average molecular weight is 673 g/mol. The molecule has 1 unspecified atom stereocenters. The molecule has 0 radical (unpaired) electrons. The molecule has 3 aromatic heterocycles. The van der Waals surface area contributed by atoms with Crippen LogP contribution >= 0.6 is 11.3 Å². The second-order valence-electron chi connectivity index (χ2n) is 13.0. The molecule has 4 heterocycles. The van der Waals surface area contributed by atoms with Gasteiger partial charge in [-0.1, -0.05) is 109 Å². The van der Waals surface area contributed by atoms with Crippen LogP contribution in [0.5, 0.6) is 0 Å². The van der Waals surface area contributed by atoms with Crippen molar-refractivity contribution < 1.29 is 4.42 Å². The van der Waals surface area contributed by atoms with Crippen molar-refractivity contribution in [3.05, 3.63) is 174 Å². The quantitative estimate of drug-likeness (QED) is 0.202. The van der Waals surface area contributed by atoms with Crippen LogP contribution in [0.4, 0.5) is 0 Å². The number of para-hydroxylation sites is 2. The molecule has 0 aliphatic carbocycles. The van der Waals surface area contributed by atoms with Crippen molar-refractivity contribution in [2.75, 3.05) is 0 Å². The molecule has 0 saturated carbocycles. The van der Waals surface area contributed by atoms with Gasteiger partial charge < -0.3 is 14.3 Å². The first-order valence-corrected chi connectivity index (χ1v) is 17.9. The maximum atomic E-state index is 6.63. The van der Waals surface area contributed by atoms with Crippen molar-refractivity contribution in [3.8, 4) is 5.69 Å². The first-order chi connectivity index (χ1) is 25.3. The third-order valence-corrected chi connectivity index (χ3v) is 11.2. The Morgan fingerprint density at radius 3 is 2.06 bits per heavy atom. The summed E-state index contributed by atoms with van der Waals surface area (Å²) >= 11 is 1.79. The molecule has 0 bridgehead atoms. The van der Waals surface area contributed by atoms with Gasteiger partial charge in [0.15, 0.2) is 5.84 Å². The first-order valence-electron chi connectivity index (χ1n) is 17.1. The first kappa shape index (κ1) is 28.3. The summed E-state index contributed by atoms with van der Waals surface area (Å²) in [6.45, 7) is 0. The average Bonchev–Trinajstić information content (AvgIpc) is 3.86. The van der Waals surface area contributed by atoms with Crippen LogP contribution in [0.15, 0.2) is 172 Å². The molecule has 5 nitrogen and oxygen atoms in total. The van der Waals surface area contributed by atoms with E-state index < -0.39 is 0 Å². The van der Waals surface area contributed by atoms with E-state index in [2.05, 4.69) is 143 Å². The third-order valence-electron chi connectivity index (χ3n) is 10.1. The lowest BCUT2D eigenvalue weighted by atomic mass is 10.0. The van der Waals surface area contributed by atoms with E-state index >= 15 is 0 Å². The molecule has 1 atom stereocenters. The molecule has 0 amide bonds. The van der Waals surface area contributed by atoms with E-state index in [-0.39, 0.29) is 6.17 Å². The Kier molecular flexibility index (Phi) is 6.12. The predicted molar refractivity (Wildman–Crippen MR) is 213 cm³/mol. The fraction of sp³-hybridized carbons (Fsp3) is 0.0222. The summed E-state index contributed by atoms with van der Waals surface area (Å²) in [7, 11) is 0. The number of furan rings is 1. The topological polar surface area (TPSA) is 54.8 Å². The number of thiophene rings is 1. The molecule has 11 rings (SSSR count). The molecule has 51 heavy (non-hydrogen) atoms. The number of rotatable bonds is 4. The van der Waals surface area contributed by atoms with Crippen molar-refractivity contribution in [1.82, 2.24) is 9.88 Å². The largest absolute Gasteiger partial charge is 0.456 e. The number of fused-ring (bicyclic) bond motifs is 9. The minimum absolute atomic E-state index is 0.262. The van der Waals surface area contributed by atoms with Crippen molar-refractivity contribution in [2.45, 2.75) is 6.17 Å². The lowest BCUT2D eigenvalue weighted by Gasteiger charge is -2.24. The Morgan fingerprint density at radius 2 is 1.27 bits per heavy atom. The van der Waals surface area contributed by atoms with Gasteiger partial charge >= 0.3 is 0 Å². The van der Waals surface area contributed by atoms with E-state index in [0.717, 1.165) is 56.0 Å². The highest BCUT2D eigenvalue weighted by molar-refractivity contribution is 7.26. The molecule has 1 aliphatic rings. The van der Waals surface area contributed by atoms with E-state index in [1.54, 1.807) is 11.3 Å². The lowest BCUT2D eigenvalue weighted by molar-refractivity contribution is 0.669. The molecule has 1 aliphatic heterocycles. The molecule has 0 spiro atoms. The van der Waals surface area contributed by atoms with Gasteiger partial charge in [0.25, 0.3) is 0 Å². The highest BCUT2D eigenvalue weighted by Crippen LogP contribution is 2.42. The minimum atomic E-state index is -0.262. The Labute approximate surface area is 296 Å². The normalized spacial score (nSPS) is 14.9. The van der Waals surface area contributed by atoms with Crippen LogP contribution < -0.4 is 5.32 Å². The number of amidine groups is 2. The van der Waals surface area contributed by atoms with Crippen molar-refractivity contribution in [1.29, 1.82) is 0 Å². The summed E-state index contributed by atoms with van der Waals surface area (Å²) in [4.78, 5) is 10.2. The zero-order valence-electron chi connectivity index (χ0n) is 27.2. The zero-order chi connectivity index (χ0) is 33.5. The van der Waals surface area contributed by atoms with Crippen LogP contribution in [-0.2, 0) is 0 Å². The van der Waals surface area contributed by atoms with Gasteiger partial charge in [-0.05, 0) is 48.0 Å². The zero-order valence-corrected chi connectivity index (χ0v) is 28.1. The Morgan fingerprint density at radius 1 is 0.569 bits per heavy atom. The number of nitrogens with zero attached hydrogens (tertiary/aromatic N) is 3. The van der Waals surface area contributed by atoms with Gasteiger partial charge in [-0.3, -0.25) is 0 Å². The van der Waals surface area contributed by atoms with E-state index in [0.29, 0.717) is 0 Å². The molecule has 6 heteroatoms. The number of hydrogen-bond acceptors (Lipinski definition) is 5. The molecule has 0 saturated heterocycles. The van der Waals surface area contributed by atoms with Crippen molar-refractivity contribution in [3.63, 3.8) is 0 Å². The Balaban J connectivity index is 1.08. The standard InChI is InChI=1S/C45H28N4OS/c1-3-12-27(13-4-1)43-46-44(28-14-5-2-6-15-28)48-45(47-43)33-18-11-21-40-42(33)35-25-34-32-23-22-29(24-38(32)50-39(34)26-41(35)51-40)49-36-19-9-7-16-30(36)31-17-8-10-20-37(31)49/h1-26,43H,(H,46,47,48). The predicted octanol–water partition coefficient (Wildman–Crippen LogP) is 11.5. The van der Waals surface area contributed by atoms with Crippen LogP contribution in [0.1, 0.15) is 22.9 Å². The van der Waals surface area contributed by atoms with E-state index in [1.807, 2.05) is 24.3 Å². The van der Waals surface area contributed by atoms with Crippen LogP contribution in [0.25, 0.3) is 69.6 Å². The monoisotopic (exact) mass is 672 g/mol. The highest BCUT2D eigenvalue weighted by atomic mass is 32.1. The maximum Gasteiger partial charge on any atom is 0.159 e. The highest BCUT2D eigenvalue weighted by Gasteiger charge is 2.24. The number of nitrogens with one attached hydrogen (secondary N) is 1. The van der Waals surface area contributed by atoms with Crippen LogP contribution in [0.2, 0.25) is 0 Å². The van der Waals surface area contributed by atoms with Gasteiger partial charge in [-0.15, -0.1) is 11.3 Å².